The molecule has 1 saturated heterocycles. The van der Waals surface area contributed by atoms with Crippen LogP contribution in [0.4, 0.5) is 0 Å². The lowest BCUT2D eigenvalue weighted by molar-refractivity contribution is -0.222. The van der Waals surface area contributed by atoms with Crippen molar-refractivity contribution in [2.45, 2.75) is 33.5 Å². The zero-order valence-corrected chi connectivity index (χ0v) is 13.7. The summed E-state index contributed by atoms with van der Waals surface area (Å²) in [5.74, 6) is -1.52. The van der Waals surface area contributed by atoms with E-state index in [1.54, 1.807) is 18.2 Å². The van der Waals surface area contributed by atoms with Crippen molar-refractivity contribution in [2.24, 2.45) is 0 Å². The molecular formula is C17H20O6. The van der Waals surface area contributed by atoms with Crippen LogP contribution in [0.25, 0.3) is 6.08 Å². The van der Waals surface area contributed by atoms with Gasteiger partial charge in [0.15, 0.2) is 11.5 Å². The molecule has 1 fully saturated rings. The molecule has 0 atom stereocenters. The normalized spacial score (nSPS) is 16.4. The molecule has 1 aromatic carbocycles. The van der Waals surface area contributed by atoms with E-state index >= 15 is 0 Å². The highest BCUT2D eigenvalue weighted by molar-refractivity contribution is 6.18. The van der Waals surface area contributed by atoms with Gasteiger partial charge in [0.25, 0.3) is 5.79 Å². The van der Waals surface area contributed by atoms with Crippen molar-refractivity contribution in [3.05, 3.63) is 29.3 Å². The molecule has 0 amide bonds. The predicted octanol–water partition coefficient (Wildman–Crippen LogP) is 2.70. The first-order valence-corrected chi connectivity index (χ1v) is 7.44. The van der Waals surface area contributed by atoms with Crippen molar-refractivity contribution >= 4 is 18.0 Å². The molecule has 1 aliphatic heterocycles. The minimum atomic E-state index is -1.25. The van der Waals surface area contributed by atoms with Gasteiger partial charge in [-0.25, -0.2) is 9.59 Å². The molecule has 0 radical (unpaired) electrons. The van der Waals surface area contributed by atoms with Crippen molar-refractivity contribution < 1.29 is 28.5 Å². The van der Waals surface area contributed by atoms with Crippen LogP contribution in [-0.2, 0) is 19.1 Å². The van der Waals surface area contributed by atoms with Gasteiger partial charge in [0.05, 0.1) is 13.2 Å². The Morgan fingerprint density at radius 2 is 1.57 bits per heavy atom. The molecular weight excluding hydrogens is 300 g/mol. The predicted molar refractivity (Wildman–Crippen MR) is 83.0 cm³/mol. The van der Waals surface area contributed by atoms with Crippen LogP contribution >= 0.6 is 0 Å². The SMILES string of the molecule is CCOc1ccc(C=C2C(=O)OC(C)(C)OC2=O)cc1OCC. The number of rotatable bonds is 5. The molecule has 0 saturated carbocycles. The first-order chi connectivity index (χ1) is 10.9. The lowest BCUT2D eigenvalue weighted by Crippen LogP contribution is -2.41. The summed E-state index contributed by atoms with van der Waals surface area (Å²) in [6.45, 7) is 7.72. The summed E-state index contributed by atoms with van der Waals surface area (Å²) in [4.78, 5) is 23.9. The average molecular weight is 320 g/mol. The van der Waals surface area contributed by atoms with Gasteiger partial charge in [0.1, 0.15) is 5.57 Å². The molecule has 1 heterocycles. The van der Waals surface area contributed by atoms with Gasteiger partial charge in [-0.2, -0.15) is 0 Å². The number of hydrogen-bond acceptors (Lipinski definition) is 6. The second-order valence-corrected chi connectivity index (χ2v) is 5.31. The second kappa shape index (κ2) is 6.73. The Hall–Kier alpha value is -2.50. The highest BCUT2D eigenvalue weighted by Gasteiger charge is 2.38. The van der Waals surface area contributed by atoms with Crippen LogP contribution in [0.2, 0.25) is 0 Å². The highest BCUT2D eigenvalue weighted by Crippen LogP contribution is 2.30. The molecule has 0 spiro atoms. The molecule has 0 unspecified atom stereocenters. The summed E-state index contributed by atoms with van der Waals surface area (Å²) in [7, 11) is 0. The maximum absolute atomic E-state index is 12.0. The summed E-state index contributed by atoms with van der Waals surface area (Å²) in [5.41, 5.74) is 0.455. The van der Waals surface area contributed by atoms with E-state index in [1.807, 2.05) is 13.8 Å². The first-order valence-electron chi connectivity index (χ1n) is 7.44. The third-order valence-corrected chi connectivity index (χ3v) is 3.00. The van der Waals surface area contributed by atoms with Gasteiger partial charge in [0, 0.05) is 13.8 Å². The number of cyclic esters (lactones) is 2. The molecule has 0 aliphatic carbocycles. The Morgan fingerprint density at radius 1 is 1.00 bits per heavy atom. The summed E-state index contributed by atoms with van der Waals surface area (Å²) in [6.07, 6.45) is 1.41. The van der Waals surface area contributed by atoms with Crippen LogP contribution in [0.1, 0.15) is 33.3 Å². The number of carbonyl (C=O) groups excluding carboxylic acids is 2. The number of benzene rings is 1. The molecule has 124 valence electrons. The van der Waals surface area contributed by atoms with Gasteiger partial charge in [0.2, 0.25) is 0 Å². The fourth-order valence-electron chi connectivity index (χ4n) is 2.10. The monoisotopic (exact) mass is 320 g/mol. The van der Waals surface area contributed by atoms with Crippen LogP contribution in [-0.4, -0.2) is 30.9 Å². The Balaban J connectivity index is 2.33. The number of esters is 2. The van der Waals surface area contributed by atoms with E-state index < -0.39 is 17.7 Å². The Labute approximate surface area is 135 Å². The van der Waals surface area contributed by atoms with E-state index in [1.165, 1.54) is 19.9 Å². The van der Waals surface area contributed by atoms with Crippen molar-refractivity contribution in [1.29, 1.82) is 0 Å². The molecule has 2 rings (SSSR count). The molecule has 0 N–H and O–H groups in total. The van der Waals surface area contributed by atoms with Crippen molar-refractivity contribution in [3.8, 4) is 11.5 Å². The maximum Gasteiger partial charge on any atom is 0.348 e. The summed E-state index contributed by atoms with van der Waals surface area (Å²) < 4.78 is 21.1. The number of hydrogen-bond donors (Lipinski definition) is 0. The van der Waals surface area contributed by atoms with Crippen molar-refractivity contribution in [3.63, 3.8) is 0 Å². The van der Waals surface area contributed by atoms with Crippen LogP contribution < -0.4 is 9.47 Å². The summed E-state index contributed by atoms with van der Waals surface area (Å²) in [5, 5.41) is 0. The minimum Gasteiger partial charge on any atom is -0.490 e. The fourth-order valence-corrected chi connectivity index (χ4v) is 2.10. The maximum atomic E-state index is 12.0. The van der Waals surface area contributed by atoms with Crippen molar-refractivity contribution in [1.82, 2.24) is 0 Å². The Morgan fingerprint density at radius 3 is 2.13 bits per heavy atom. The van der Waals surface area contributed by atoms with E-state index in [4.69, 9.17) is 18.9 Å². The number of ether oxygens (including phenoxy) is 4. The molecule has 6 nitrogen and oxygen atoms in total. The van der Waals surface area contributed by atoms with Crippen LogP contribution in [0.3, 0.4) is 0 Å². The zero-order valence-electron chi connectivity index (χ0n) is 13.7. The molecule has 6 heteroatoms. The highest BCUT2D eigenvalue weighted by atomic mass is 16.7. The van der Waals surface area contributed by atoms with Gasteiger partial charge < -0.3 is 18.9 Å². The lowest BCUT2D eigenvalue weighted by Gasteiger charge is -2.29. The van der Waals surface area contributed by atoms with Gasteiger partial charge in [-0.1, -0.05) is 6.07 Å². The van der Waals surface area contributed by atoms with Crippen LogP contribution in [0.5, 0.6) is 11.5 Å². The summed E-state index contributed by atoms with van der Waals surface area (Å²) >= 11 is 0. The second-order valence-electron chi connectivity index (χ2n) is 5.31. The van der Waals surface area contributed by atoms with E-state index in [-0.39, 0.29) is 5.57 Å². The average Bonchev–Trinajstić information content (AvgIpc) is 2.45. The third kappa shape index (κ3) is 4.03. The zero-order chi connectivity index (χ0) is 17.0. The van der Waals surface area contributed by atoms with E-state index in [9.17, 15) is 9.59 Å². The molecule has 23 heavy (non-hydrogen) atoms. The van der Waals surface area contributed by atoms with Crippen LogP contribution in [0.15, 0.2) is 23.8 Å². The standard InChI is InChI=1S/C17H20O6/c1-5-20-13-8-7-11(10-14(13)21-6-2)9-12-15(18)22-17(3,4)23-16(12)19/h7-10H,5-6H2,1-4H3. The van der Waals surface area contributed by atoms with Gasteiger partial charge in [-0.3, -0.25) is 0 Å². The van der Waals surface area contributed by atoms with Crippen molar-refractivity contribution in [2.75, 3.05) is 13.2 Å². The third-order valence-electron chi connectivity index (χ3n) is 3.00. The van der Waals surface area contributed by atoms with E-state index in [0.717, 1.165) is 0 Å². The molecule has 1 aliphatic rings. The Kier molecular flexibility index (Phi) is 4.93. The quantitative estimate of drug-likeness (QED) is 0.472. The molecule has 1 aromatic rings. The summed E-state index contributed by atoms with van der Waals surface area (Å²) in [6, 6.07) is 5.15. The minimum absolute atomic E-state index is 0.157. The van der Waals surface area contributed by atoms with Gasteiger partial charge in [-0.15, -0.1) is 0 Å². The van der Waals surface area contributed by atoms with Gasteiger partial charge >= 0.3 is 11.9 Å². The molecule has 0 bridgehead atoms. The van der Waals surface area contributed by atoms with Gasteiger partial charge in [-0.05, 0) is 37.6 Å². The van der Waals surface area contributed by atoms with Crippen LogP contribution in [0, 0.1) is 0 Å². The molecule has 0 aromatic heterocycles. The fraction of sp³-hybridized carbons (Fsp3) is 0.412. The van der Waals surface area contributed by atoms with E-state index in [0.29, 0.717) is 30.3 Å². The first kappa shape index (κ1) is 16.9. The Bertz CT molecular complexity index is 622. The lowest BCUT2D eigenvalue weighted by atomic mass is 10.1. The number of carbonyl (C=O) groups is 2. The smallest absolute Gasteiger partial charge is 0.348 e. The van der Waals surface area contributed by atoms with E-state index in [2.05, 4.69) is 0 Å². The largest absolute Gasteiger partial charge is 0.490 e. The topological polar surface area (TPSA) is 71.1 Å².